The van der Waals surface area contributed by atoms with Gasteiger partial charge in [-0.3, -0.25) is 0 Å². The zero-order valence-corrected chi connectivity index (χ0v) is 26.1. The Kier molecular flexibility index (Phi) is 5.15. The molecule has 10 rings (SSSR count). The summed E-state index contributed by atoms with van der Waals surface area (Å²) in [4.78, 5) is 0. The molecule has 0 amide bonds. The van der Waals surface area contributed by atoms with E-state index in [4.69, 9.17) is 0 Å². The van der Waals surface area contributed by atoms with Gasteiger partial charge in [0, 0.05) is 16.8 Å². The molecular formula is C45H33N. The predicted molar refractivity (Wildman–Crippen MR) is 190 cm³/mol. The normalized spacial score (nSPS) is 25.0. The third-order valence-electron chi connectivity index (χ3n) is 11.3. The average Bonchev–Trinajstić information content (AvgIpc) is 3.55. The van der Waals surface area contributed by atoms with Crippen molar-refractivity contribution in [3.05, 3.63) is 172 Å². The summed E-state index contributed by atoms with van der Waals surface area (Å²) in [7, 11) is 0. The molecule has 0 aliphatic heterocycles. The quantitative estimate of drug-likeness (QED) is 0.203. The van der Waals surface area contributed by atoms with Crippen molar-refractivity contribution in [3.63, 3.8) is 0 Å². The van der Waals surface area contributed by atoms with Gasteiger partial charge in [-0.2, -0.15) is 0 Å². The fourth-order valence-corrected chi connectivity index (χ4v) is 9.34. The van der Waals surface area contributed by atoms with Crippen LogP contribution >= 0.6 is 0 Å². The first-order valence-electron chi connectivity index (χ1n) is 16.5. The maximum atomic E-state index is 3.85. The van der Waals surface area contributed by atoms with Gasteiger partial charge in [-0.25, -0.2) is 0 Å². The number of hydrogen-bond donors (Lipinski definition) is 1. The van der Waals surface area contributed by atoms with Crippen molar-refractivity contribution >= 4 is 16.9 Å². The Morgan fingerprint density at radius 3 is 2.11 bits per heavy atom. The average molecular weight is 588 g/mol. The standard InChI is InChI=1S/C45H33N/c1-28-18-23-42-36(25-28)34-13-5-8-17-41(34)45(42)40-16-7-4-12-33(40)35-22-20-30(27-43(35)45)46-29-19-21-31-32-11-3-6-14-38(32)44(2)24-10-9-15-39(44)37(31)26-29/h3-8,10-14,16-24,26-28,39,46H,25H2,1-2H3. The van der Waals surface area contributed by atoms with Gasteiger partial charge in [-0.05, 0) is 109 Å². The Labute approximate surface area is 271 Å². The Morgan fingerprint density at radius 2 is 1.30 bits per heavy atom. The Bertz CT molecular complexity index is 2320. The summed E-state index contributed by atoms with van der Waals surface area (Å²) in [6, 6.07) is 40.9. The second-order valence-electron chi connectivity index (χ2n) is 13.8. The summed E-state index contributed by atoms with van der Waals surface area (Å²) >= 11 is 0. The smallest absolute Gasteiger partial charge is 0.0722 e. The topological polar surface area (TPSA) is 12.0 Å². The fourth-order valence-electron chi connectivity index (χ4n) is 9.34. The lowest BCUT2D eigenvalue weighted by atomic mass is 9.61. The van der Waals surface area contributed by atoms with E-state index in [1.54, 1.807) is 0 Å². The molecule has 5 aromatic carbocycles. The van der Waals surface area contributed by atoms with Gasteiger partial charge in [-0.15, -0.1) is 0 Å². The molecule has 5 aliphatic rings. The van der Waals surface area contributed by atoms with Gasteiger partial charge in [0.1, 0.15) is 0 Å². The van der Waals surface area contributed by atoms with E-state index in [1.807, 2.05) is 6.08 Å². The molecule has 5 aliphatic carbocycles. The zero-order valence-electron chi connectivity index (χ0n) is 26.1. The summed E-state index contributed by atoms with van der Waals surface area (Å²) in [6.07, 6.45) is 10.3. The Morgan fingerprint density at radius 1 is 0.674 bits per heavy atom. The SMILES string of the molecule is CC1C=CC2=C(C1)c1ccccc1C21c2ccccc2-c2ccc(Nc3ccc4c(c3)C3C#CC=CC3(C)c3ccccc3-4)cc21. The van der Waals surface area contributed by atoms with Crippen LogP contribution in [0.5, 0.6) is 0 Å². The lowest BCUT2D eigenvalue weighted by Gasteiger charge is -2.41. The van der Waals surface area contributed by atoms with Crippen molar-refractivity contribution in [3.8, 4) is 34.1 Å². The zero-order chi connectivity index (χ0) is 30.6. The van der Waals surface area contributed by atoms with Crippen molar-refractivity contribution < 1.29 is 0 Å². The first-order chi connectivity index (χ1) is 22.6. The van der Waals surface area contributed by atoms with Gasteiger partial charge in [0.25, 0.3) is 0 Å². The molecule has 4 unspecified atom stereocenters. The lowest BCUT2D eigenvalue weighted by molar-refractivity contribution is 0.533. The summed E-state index contributed by atoms with van der Waals surface area (Å²) in [5.74, 6) is 7.53. The molecule has 5 aromatic rings. The van der Waals surface area contributed by atoms with Crippen LogP contribution in [0.1, 0.15) is 59.6 Å². The molecule has 0 saturated carbocycles. The monoisotopic (exact) mass is 587 g/mol. The van der Waals surface area contributed by atoms with Gasteiger partial charge in [0.05, 0.1) is 11.3 Å². The van der Waals surface area contributed by atoms with Crippen LogP contribution in [0.3, 0.4) is 0 Å². The van der Waals surface area contributed by atoms with Gasteiger partial charge < -0.3 is 5.32 Å². The van der Waals surface area contributed by atoms with E-state index in [2.05, 4.69) is 158 Å². The van der Waals surface area contributed by atoms with Gasteiger partial charge in [0.2, 0.25) is 0 Å². The van der Waals surface area contributed by atoms with Crippen molar-refractivity contribution in [1.82, 2.24) is 0 Å². The number of fused-ring (bicyclic) bond motifs is 15. The molecule has 218 valence electrons. The molecule has 0 radical (unpaired) electrons. The molecule has 0 fully saturated rings. The minimum Gasteiger partial charge on any atom is -0.356 e. The van der Waals surface area contributed by atoms with E-state index < -0.39 is 0 Å². The molecule has 0 bridgehead atoms. The van der Waals surface area contributed by atoms with Crippen LogP contribution in [0.15, 0.2) is 139 Å². The van der Waals surface area contributed by atoms with E-state index in [-0.39, 0.29) is 16.7 Å². The summed E-state index contributed by atoms with van der Waals surface area (Å²) in [6.45, 7) is 4.67. The third-order valence-corrected chi connectivity index (χ3v) is 11.3. The number of allylic oxidation sites excluding steroid dienone is 6. The highest BCUT2D eigenvalue weighted by molar-refractivity contribution is 5.97. The van der Waals surface area contributed by atoms with Crippen LogP contribution < -0.4 is 5.32 Å². The number of nitrogens with one attached hydrogen (secondary N) is 1. The molecule has 1 nitrogen and oxygen atoms in total. The second-order valence-corrected chi connectivity index (χ2v) is 13.8. The van der Waals surface area contributed by atoms with E-state index in [0.717, 1.165) is 17.8 Å². The molecule has 0 aromatic heterocycles. The van der Waals surface area contributed by atoms with E-state index >= 15 is 0 Å². The van der Waals surface area contributed by atoms with Gasteiger partial charge in [-0.1, -0.05) is 129 Å². The molecule has 1 heteroatoms. The lowest BCUT2D eigenvalue weighted by Crippen LogP contribution is -2.32. The van der Waals surface area contributed by atoms with Gasteiger partial charge in [0.15, 0.2) is 0 Å². The molecule has 1 spiro atoms. The first-order valence-corrected chi connectivity index (χ1v) is 16.5. The van der Waals surface area contributed by atoms with Crippen LogP contribution in [0.2, 0.25) is 0 Å². The second kappa shape index (κ2) is 9.12. The molecule has 1 N–H and O–H groups in total. The Hall–Kier alpha value is -5.32. The number of benzene rings is 5. The maximum Gasteiger partial charge on any atom is 0.0722 e. The van der Waals surface area contributed by atoms with Crippen molar-refractivity contribution in [2.75, 3.05) is 5.32 Å². The summed E-state index contributed by atoms with van der Waals surface area (Å²) in [5.41, 5.74) is 18.2. The Balaban J connectivity index is 1.13. The van der Waals surface area contributed by atoms with E-state index in [0.29, 0.717) is 5.92 Å². The van der Waals surface area contributed by atoms with Crippen LogP contribution in [0.25, 0.3) is 27.8 Å². The highest BCUT2D eigenvalue weighted by Crippen LogP contribution is 2.64. The first kappa shape index (κ1) is 26.0. The summed E-state index contributed by atoms with van der Waals surface area (Å²) < 4.78 is 0. The predicted octanol–water partition coefficient (Wildman–Crippen LogP) is 10.7. The fraction of sp³-hybridized carbons (Fsp3) is 0.156. The van der Waals surface area contributed by atoms with Crippen molar-refractivity contribution in [2.45, 2.75) is 37.0 Å². The third kappa shape index (κ3) is 3.22. The molecular weight excluding hydrogens is 555 g/mol. The van der Waals surface area contributed by atoms with Crippen molar-refractivity contribution in [2.24, 2.45) is 5.92 Å². The molecule has 0 heterocycles. The number of hydrogen-bond acceptors (Lipinski definition) is 1. The van der Waals surface area contributed by atoms with Crippen LogP contribution in [0, 0.1) is 17.8 Å². The molecule has 46 heavy (non-hydrogen) atoms. The number of rotatable bonds is 2. The summed E-state index contributed by atoms with van der Waals surface area (Å²) in [5, 5.41) is 3.85. The molecule has 0 saturated heterocycles. The minimum atomic E-state index is -0.308. The maximum absolute atomic E-state index is 3.85. The van der Waals surface area contributed by atoms with E-state index in [9.17, 15) is 0 Å². The highest BCUT2D eigenvalue weighted by Gasteiger charge is 2.52. The molecule has 4 atom stereocenters. The van der Waals surface area contributed by atoms with Gasteiger partial charge >= 0.3 is 0 Å². The van der Waals surface area contributed by atoms with Crippen LogP contribution in [-0.2, 0) is 10.8 Å². The van der Waals surface area contributed by atoms with Crippen LogP contribution in [-0.4, -0.2) is 0 Å². The van der Waals surface area contributed by atoms with E-state index in [1.165, 1.54) is 66.8 Å². The largest absolute Gasteiger partial charge is 0.356 e. The minimum absolute atomic E-state index is 0.114. The van der Waals surface area contributed by atoms with Crippen LogP contribution in [0.4, 0.5) is 11.4 Å². The number of anilines is 2. The highest BCUT2D eigenvalue weighted by atomic mass is 14.9. The van der Waals surface area contributed by atoms with Crippen molar-refractivity contribution in [1.29, 1.82) is 0 Å².